The summed E-state index contributed by atoms with van der Waals surface area (Å²) in [5.74, 6) is 4.95. The van der Waals surface area contributed by atoms with Gasteiger partial charge in [-0.1, -0.05) is 31.8 Å². The fourth-order valence-corrected chi connectivity index (χ4v) is 3.87. The highest BCUT2D eigenvalue weighted by atomic mass is 19.1. The minimum atomic E-state index is -0.498. The monoisotopic (exact) mass is 481 g/mol. The Morgan fingerprint density at radius 2 is 2.17 bits per heavy atom. The molecule has 1 aromatic heterocycles. The zero-order chi connectivity index (χ0) is 25.5. The Labute approximate surface area is 205 Å². The second kappa shape index (κ2) is 11.8. The molecule has 0 radical (unpaired) electrons. The number of aromatic nitrogens is 1. The molecule has 0 aliphatic carbocycles. The van der Waals surface area contributed by atoms with Gasteiger partial charge in [0.1, 0.15) is 17.5 Å². The molecule has 3 atom stereocenters. The van der Waals surface area contributed by atoms with E-state index in [4.69, 9.17) is 4.74 Å². The van der Waals surface area contributed by atoms with Gasteiger partial charge in [-0.3, -0.25) is 9.59 Å². The van der Waals surface area contributed by atoms with Crippen LogP contribution in [0, 0.1) is 23.6 Å². The average Bonchev–Trinajstić information content (AvgIpc) is 2.85. The van der Waals surface area contributed by atoms with Crippen LogP contribution in [0.4, 0.5) is 4.39 Å². The zero-order valence-corrected chi connectivity index (χ0v) is 20.6. The fourth-order valence-electron chi connectivity index (χ4n) is 3.87. The molecule has 3 rings (SSSR count). The predicted octanol–water partition coefficient (Wildman–Crippen LogP) is 3.36. The molecule has 1 aliphatic heterocycles. The van der Waals surface area contributed by atoms with Gasteiger partial charge >= 0.3 is 0 Å². The number of nitrogens with zero attached hydrogens (tertiary/aromatic N) is 3. The Hall–Kier alpha value is -3.44. The van der Waals surface area contributed by atoms with Crippen LogP contribution in [-0.4, -0.2) is 70.6 Å². The second-order valence-corrected chi connectivity index (χ2v) is 8.95. The van der Waals surface area contributed by atoms with Gasteiger partial charge in [-0.15, -0.1) is 0 Å². The van der Waals surface area contributed by atoms with Crippen LogP contribution in [0.1, 0.15) is 59.9 Å². The van der Waals surface area contributed by atoms with Crippen LogP contribution in [-0.2, 0) is 0 Å². The molecule has 2 aromatic rings. The number of aliphatic hydroxyl groups excluding tert-OH is 1. The van der Waals surface area contributed by atoms with E-state index >= 15 is 0 Å². The molecule has 0 saturated heterocycles. The number of likely N-dealkylation sites (N-methyl/N-ethyl adjacent to an activating group) is 1. The van der Waals surface area contributed by atoms with Crippen molar-refractivity contribution >= 4 is 11.8 Å². The third-order valence-corrected chi connectivity index (χ3v) is 6.00. The van der Waals surface area contributed by atoms with Crippen LogP contribution in [0.25, 0.3) is 0 Å². The third-order valence-electron chi connectivity index (χ3n) is 6.00. The highest BCUT2D eigenvalue weighted by Crippen LogP contribution is 2.27. The molecule has 8 heteroatoms. The minimum absolute atomic E-state index is 0.161. The quantitative estimate of drug-likeness (QED) is 0.640. The zero-order valence-electron chi connectivity index (χ0n) is 20.6. The Bertz CT molecular complexity index is 1130. The maximum absolute atomic E-state index is 13.6. The van der Waals surface area contributed by atoms with Gasteiger partial charge in [-0.25, -0.2) is 9.37 Å². The van der Waals surface area contributed by atoms with Gasteiger partial charge in [0.15, 0.2) is 0 Å². The summed E-state index contributed by atoms with van der Waals surface area (Å²) in [6, 6.07) is 6.78. The number of fused-ring (bicyclic) bond motifs is 1. The first kappa shape index (κ1) is 26.2. The number of carbonyl (C=O) groups excluding carboxylic acids is 2. The molecule has 0 spiro atoms. The lowest BCUT2D eigenvalue weighted by Gasteiger charge is -2.37. The van der Waals surface area contributed by atoms with Crippen molar-refractivity contribution < 1.29 is 23.8 Å². The number of unbranched alkanes of at least 4 members (excludes halogenated alkanes) is 1. The average molecular weight is 482 g/mol. The first-order valence-corrected chi connectivity index (χ1v) is 11.8. The molecule has 2 heterocycles. The van der Waals surface area contributed by atoms with Crippen LogP contribution in [0.15, 0.2) is 36.5 Å². The molecule has 1 N–H and O–H groups in total. The van der Waals surface area contributed by atoms with Gasteiger partial charge in [0.25, 0.3) is 11.8 Å². The van der Waals surface area contributed by atoms with Gasteiger partial charge in [0.2, 0.25) is 5.88 Å². The van der Waals surface area contributed by atoms with Crippen LogP contribution < -0.4 is 4.74 Å². The summed E-state index contributed by atoms with van der Waals surface area (Å²) in [6.07, 6.45) is 2.73. The summed E-state index contributed by atoms with van der Waals surface area (Å²) in [5.41, 5.74) is 1.12. The standard InChI is InChI=1S/C27H32FN3O4/c1-5-6-7-9-20-12-23-25(29-14-20)35-24(18(2)15-31(27(23)34)19(3)17-32)16-30(4)26(33)21-10-8-11-22(28)13-21/h8,10-14,18-19,24,32H,5-6,15-17H2,1-4H3/t18-,19-,24-/m1/s1. The van der Waals surface area contributed by atoms with Crippen molar-refractivity contribution in [3.63, 3.8) is 0 Å². The van der Waals surface area contributed by atoms with Crippen molar-refractivity contribution in [2.24, 2.45) is 5.92 Å². The van der Waals surface area contributed by atoms with Crippen molar-refractivity contribution in [1.82, 2.24) is 14.8 Å². The maximum atomic E-state index is 13.6. The minimum Gasteiger partial charge on any atom is -0.472 e. The summed E-state index contributed by atoms with van der Waals surface area (Å²) in [6.45, 7) is 6.06. The van der Waals surface area contributed by atoms with E-state index in [2.05, 4.69) is 16.8 Å². The summed E-state index contributed by atoms with van der Waals surface area (Å²) < 4.78 is 19.8. The number of hydrogen-bond acceptors (Lipinski definition) is 5. The lowest BCUT2D eigenvalue weighted by atomic mass is 9.99. The molecule has 0 fully saturated rings. The molecule has 35 heavy (non-hydrogen) atoms. The third kappa shape index (κ3) is 6.37. The molecular formula is C27H32FN3O4. The van der Waals surface area contributed by atoms with Gasteiger partial charge in [-0.2, -0.15) is 0 Å². The van der Waals surface area contributed by atoms with Crippen molar-refractivity contribution in [3.8, 4) is 17.7 Å². The highest BCUT2D eigenvalue weighted by Gasteiger charge is 2.34. The number of rotatable bonds is 6. The van der Waals surface area contributed by atoms with E-state index < -0.39 is 18.0 Å². The van der Waals surface area contributed by atoms with Crippen LogP contribution in [0.3, 0.4) is 0 Å². The number of halogens is 1. The van der Waals surface area contributed by atoms with Crippen molar-refractivity contribution in [3.05, 3.63) is 59.0 Å². The summed E-state index contributed by atoms with van der Waals surface area (Å²) in [5, 5.41) is 9.79. The van der Waals surface area contributed by atoms with Crippen molar-refractivity contribution in [2.75, 3.05) is 26.7 Å². The van der Waals surface area contributed by atoms with E-state index in [-0.39, 0.29) is 47.9 Å². The fraction of sp³-hybridized carbons (Fsp3) is 0.444. The maximum Gasteiger partial charge on any atom is 0.259 e. The number of hydrogen-bond donors (Lipinski definition) is 1. The summed E-state index contributed by atoms with van der Waals surface area (Å²) in [7, 11) is 1.63. The highest BCUT2D eigenvalue weighted by molar-refractivity contribution is 5.97. The largest absolute Gasteiger partial charge is 0.472 e. The Morgan fingerprint density at radius 3 is 2.86 bits per heavy atom. The van der Waals surface area contributed by atoms with Gasteiger partial charge < -0.3 is 19.6 Å². The van der Waals surface area contributed by atoms with Crippen LogP contribution in [0.2, 0.25) is 0 Å². The molecule has 1 aliphatic rings. The smallest absolute Gasteiger partial charge is 0.259 e. The van der Waals surface area contributed by atoms with Crippen LogP contribution in [0.5, 0.6) is 5.88 Å². The van der Waals surface area contributed by atoms with E-state index in [1.807, 2.05) is 13.8 Å². The number of benzene rings is 1. The summed E-state index contributed by atoms with van der Waals surface area (Å²) in [4.78, 5) is 33.8. The molecule has 0 unspecified atom stereocenters. The summed E-state index contributed by atoms with van der Waals surface area (Å²) >= 11 is 0. The van der Waals surface area contributed by atoms with E-state index in [0.717, 1.165) is 12.8 Å². The Morgan fingerprint density at radius 1 is 1.40 bits per heavy atom. The number of ether oxygens (including phenoxy) is 1. The van der Waals surface area contributed by atoms with E-state index in [1.165, 1.54) is 23.1 Å². The first-order chi connectivity index (χ1) is 16.7. The Balaban J connectivity index is 1.93. The Kier molecular flexibility index (Phi) is 8.83. The van der Waals surface area contributed by atoms with Gasteiger partial charge in [-0.05, 0) is 37.6 Å². The van der Waals surface area contributed by atoms with E-state index in [0.29, 0.717) is 12.1 Å². The molecular weight excluding hydrogens is 449 g/mol. The first-order valence-electron chi connectivity index (χ1n) is 11.8. The number of pyridine rings is 1. The topological polar surface area (TPSA) is 83.0 Å². The van der Waals surface area contributed by atoms with E-state index in [1.54, 1.807) is 37.2 Å². The molecule has 2 amide bonds. The lowest BCUT2D eigenvalue weighted by Crippen LogP contribution is -2.50. The molecule has 1 aromatic carbocycles. The predicted molar refractivity (Wildman–Crippen MR) is 131 cm³/mol. The second-order valence-electron chi connectivity index (χ2n) is 8.95. The van der Waals surface area contributed by atoms with Crippen LogP contribution >= 0.6 is 0 Å². The molecule has 0 bridgehead atoms. The van der Waals surface area contributed by atoms with Gasteiger partial charge in [0.05, 0.1) is 19.2 Å². The molecule has 0 saturated carbocycles. The normalized spacial score (nSPS) is 18.3. The van der Waals surface area contributed by atoms with Crippen molar-refractivity contribution in [1.29, 1.82) is 0 Å². The molecule has 186 valence electrons. The van der Waals surface area contributed by atoms with E-state index in [9.17, 15) is 19.1 Å². The molecule has 7 nitrogen and oxygen atoms in total. The van der Waals surface area contributed by atoms with Gasteiger partial charge in [0, 0.05) is 43.3 Å². The van der Waals surface area contributed by atoms with Crippen molar-refractivity contribution in [2.45, 2.75) is 45.8 Å². The number of aliphatic hydroxyl groups is 1. The number of amides is 2. The lowest BCUT2D eigenvalue weighted by molar-refractivity contribution is 0.0313. The SMILES string of the molecule is CCCC#Cc1cnc2c(c1)C(=O)N([C@H](C)CO)C[C@@H](C)[C@@H](CN(C)C(=O)c1cccc(F)c1)O2. The number of carbonyl (C=O) groups is 2.